The summed E-state index contributed by atoms with van der Waals surface area (Å²) in [6.45, 7) is 5.79. The lowest BCUT2D eigenvalue weighted by Crippen LogP contribution is -2.62. The molecule has 12 heteroatoms. The number of hydrogen-bond acceptors (Lipinski definition) is 12. The number of ether oxygens (including phenoxy) is 11. The molecule has 7 aromatic carbocycles. The Morgan fingerprint density at radius 1 is 0.384 bits per heavy atom. The number of hydrogen-bond donors (Lipinski definition) is 0. The van der Waals surface area contributed by atoms with Crippen LogP contribution in [-0.2, 0) is 93.7 Å². The predicted molar refractivity (Wildman–Crippen MR) is 395 cm³/mol. The van der Waals surface area contributed by atoms with E-state index >= 15 is 4.79 Å². The smallest absolute Gasteiger partial charge is 0.186 e. The van der Waals surface area contributed by atoms with Crippen molar-refractivity contribution in [2.24, 2.45) is 5.92 Å². The minimum Gasteiger partial charge on any atom is -0.497 e. The van der Waals surface area contributed by atoms with Crippen LogP contribution in [0.3, 0.4) is 0 Å². The molecule has 0 aliphatic carbocycles. The van der Waals surface area contributed by atoms with Gasteiger partial charge in [0.05, 0.1) is 85.9 Å². The van der Waals surface area contributed by atoms with Gasteiger partial charge in [-0.15, -0.1) is 0 Å². The summed E-state index contributed by atoms with van der Waals surface area (Å²) in [7, 11) is 3.37. The Bertz CT molecular complexity index is 3100. The van der Waals surface area contributed by atoms with Gasteiger partial charge in [0.1, 0.15) is 41.7 Å². The van der Waals surface area contributed by atoms with Crippen LogP contribution in [0.2, 0.25) is 0 Å². The average Bonchev–Trinajstić information content (AvgIpc) is 0.792. The van der Waals surface area contributed by atoms with Gasteiger partial charge >= 0.3 is 0 Å². The summed E-state index contributed by atoms with van der Waals surface area (Å²) in [6, 6.07) is 67.2. The first-order chi connectivity index (χ1) is 48.9. The van der Waals surface area contributed by atoms with E-state index in [1.54, 1.807) is 14.2 Å². The van der Waals surface area contributed by atoms with Crippen molar-refractivity contribution in [3.63, 3.8) is 0 Å². The van der Waals surface area contributed by atoms with Crippen LogP contribution in [0.1, 0.15) is 194 Å². The van der Waals surface area contributed by atoms with E-state index in [2.05, 4.69) is 91.9 Å². The van der Waals surface area contributed by atoms with Crippen molar-refractivity contribution in [1.82, 2.24) is 0 Å². The van der Waals surface area contributed by atoms with Gasteiger partial charge in [-0.2, -0.15) is 0 Å². The molecule has 8 rings (SSSR count). The molecule has 1 unspecified atom stereocenters. The standard InChI is InChI=1S/C87H116O12/c1-4-5-6-7-8-9-10-11-12-16-19-37-50-81(93-63-75-51-55-79(89-2)56-52-75)83(94-67-76-53-57-80(90-3)58-54-76)77(60-78(88)49-36-18-15-13-14-17-20-38-59-91-61-70-39-26-21-27-40-70)68-98-87-86(97-66-74-47-34-25-35-48-74)85(96-65-73-45-32-24-33-46-73)84(95-64-72-43-30-23-31-44-72)82(99-87)69-92-62-71-41-28-22-29-42-71/h21-35,39-48,51-58,77,81-87H,4-20,36-38,49-50,59-69H2,1-3H3/t77-,81+,82?,83-,84-,85+,86-,87-/m0/s1. The third-order valence-electron chi connectivity index (χ3n) is 18.8. The largest absolute Gasteiger partial charge is 0.497 e. The molecule has 1 saturated heterocycles. The second kappa shape index (κ2) is 48.3. The molecule has 0 N–H and O–H groups in total. The van der Waals surface area contributed by atoms with Crippen LogP contribution in [0, 0.1) is 5.92 Å². The van der Waals surface area contributed by atoms with Crippen LogP contribution in [-0.4, -0.2) is 82.7 Å². The lowest BCUT2D eigenvalue weighted by Gasteiger charge is -2.46. The molecule has 1 aliphatic heterocycles. The third kappa shape index (κ3) is 30.7. The van der Waals surface area contributed by atoms with Crippen molar-refractivity contribution in [3.8, 4) is 11.5 Å². The summed E-state index contributed by atoms with van der Waals surface area (Å²) >= 11 is 0. The van der Waals surface area contributed by atoms with Crippen LogP contribution < -0.4 is 9.47 Å². The highest BCUT2D eigenvalue weighted by Crippen LogP contribution is 2.35. The monoisotopic (exact) mass is 1350 g/mol. The predicted octanol–water partition coefficient (Wildman–Crippen LogP) is 20.3. The van der Waals surface area contributed by atoms with Gasteiger partial charge in [-0.25, -0.2) is 0 Å². The van der Waals surface area contributed by atoms with Gasteiger partial charge in [-0.3, -0.25) is 4.79 Å². The zero-order valence-electron chi connectivity index (χ0n) is 59.9. The minimum absolute atomic E-state index is 0.0888. The topological polar surface area (TPSA) is 119 Å². The van der Waals surface area contributed by atoms with Gasteiger partial charge in [0.2, 0.25) is 0 Å². The lowest BCUT2D eigenvalue weighted by molar-refractivity contribution is -0.331. The molecule has 1 heterocycles. The van der Waals surface area contributed by atoms with Gasteiger partial charge in [0, 0.05) is 25.4 Å². The fourth-order valence-electron chi connectivity index (χ4n) is 13.0. The first-order valence-electron chi connectivity index (χ1n) is 37.4. The zero-order chi connectivity index (χ0) is 68.8. The van der Waals surface area contributed by atoms with E-state index in [1.807, 2.05) is 115 Å². The average molecular weight is 1350 g/mol. The number of ketones is 1. The molecule has 0 spiro atoms. The molecule has 12 nitrogen and oxygen atoms in total. The first kappa shape index (κ1) is 78.2. The van der Waals surface area contributed by atoms with Crippen LogP contribution in [0.5, 0.6) is 11.5 Å². The Morgan fingerprint density at radius 2 is 0.778 bits per heavy atom. The number of carbonyl (C=O) groups is 1. The Morgan fingerprint density at radius 3 is 1.25 bits per heavy atom. The van der Waals surface area contributed by atoms with Gasteiger partial charge in [0.25, 0.3) is 0 Å². The van der Waals surface area contributed by atoms with Gasteiger partial charge in [-0.05, 0) is 82.5 Å². The molecule has 1 aliphatic rings. The molecule has 0 amide bonds. The maximum atomic E-state index is 15.1. The third-order valence-corrected chi connectivity index (χ3v) is 18.8. The van der Waals surface area contributed by atoms with Gasteiger partial charge in [-0.1, -0.05) is 298 Å². The first-order valence-corrected chi connectivity index (χ1v) is 37.4. The van der Waals surface area contributed by atoms with Crippen molar-refractivity contribution < 1.29 is 56.9 Å². The Hall–Kier alpha value is -6.55. The van der Waals surface area contributed by atoms with E-state index in [0.717, 1.165) is 116 Å². The quantitative estimate of drug-likeness (QED) is 0.0338. The highest BCUT2D eigenvalue weighted by Gasteiger charge is 2.50. The fourth-order valence-corrected chi connectivity index (χ4v) is 13.0. The van der Waals surface area contributed by atoms with Gasteiger partial charge in [0.15, 0.2) is 6.29 Å². The van der Waals surface area contributed by atoms with Crippen LogP contribution >= 0.6 is 0 Å². The van der Waals surface area contributed by atoms with Gasteiger partial charge < -0.3 is 52.1 Å². The second-order valence-corrected chi connectivity index (χ2v) is 26.8. The summed E-state index contributed by atoms with van der Waals surface area (Å²) in [5.74, 6) is 1.23. The number of benzene rings is 7. The van der Waals surface area contributed by atoms with Crippen molar-refractivity contribution in [3.05, 3.63) is 239 Å². The van der Waals surface area contributed by atoms with E-state index in [9.17, 15) is 0 Å². The van der Waals surface area contributed by atoms with Crippen LogP contribution in [0.4, 0.5) is 0 Å². The SMILES string of the molecule is CCCCCCCCCCCCCC[C@@H](OCc1ccc(OC)cc1)[C@@H](OCc1ccc(OC)cc1)[C@H](CO[C@H]1OC(COCc2ccccc2)[C@H](OCc2ccccc2)[C@@H](OCc2ccccc2)[C@@H]1OCc1ccccc1)CC(=O)CCCCCCCCCCOCc1ccccc1. The molecule has 0 saturated carbocycles. The number of methoxy groups -OCH3 is 2. The molecule has 0 aromatic heterocycles. The molecule has 0 bridgehead atoms. The van der Waals surface area contributed by atoms with Crippen molar-refractivity contribution in [2.45, 2.75) is 244 Å². The summed E-state index contributed by atoms with van der Waals surface area (Å²) in [6.07, 6.45) is 19.9. The molecule has 8 atom stereocenters. The summed E-state index contributed by atoms with van der Waals surface area (Å²) in [4.78, 5) is 15.1. The Labute approximate surface area is 594 Å². The van der Waals surface area contributed by atoms with E-state index in [4.69, 9.17) is 52.1 Å². The van der Waals surface area contributed by atoms with Crippen molar-refractivity contribution >= 4 is 5.78 Å². The molecule has 536 valence electrons. The van der Waals surface area contributed by atoms with E-state index in [-0.39, 0.29) is 45.2 Å². The second-order valence-electron chi connectivity index (χ2n) is 26.8. The van der Waals surface area contributed by atoms with E-state index in [1.165, 1.54) is 76.2 Å². The molecule has 99 heavy (non-hydrogen) atoms. The van der Waals surface area contributed by atoms with Crippen LogP contribution in [0.15, 0.2) is 200 Å². The lowest BCUT2D eigenvalue weighted by atomic mass is 9.89. The summed E-state index contributed by atoms with van der Waals surface area (Å²) < 4.78 is 74.5. The normalized spacial score (nSPS) is 17.1. The zero-order valence-corrected chi connectivity index (χ0v) is 59.9. The molecular weight excluding hydrogens is 1240 g/mol. The van der Waals surface area contributed by atoms with Crippen LogP contribution in [0.25, 0.3) is 0 Å². The molecular formula is C87H116O12. The molecule has 1 fully saturated rings. The maximum Gasteiger partial charge on any atom is 0.186 e. The summed E-state index contributed by atoms with van der Waals surface area (Å²) in [5, 5.41) is 0. The molecule has 0 radical (unpaired) electrons. The maximum absolute atomic E-state index is 15.1. The number of carbonyl (C=O) groups excluding carboxylic acids is 1. The number of rotatable bonds is 54. The Balaban J connectivity index is 1.08. The highest BCUT2D eigenvalue weighted by atomic mass is 16.7. The number of unbranched alkanes of at least 4 members (excludes halogenated alkanes) is 18. The Kier molecular flexibility index (Phi) is 38.1. The minimum atomic E-state index is -1.01. The van der Waals surface area contributed by atoms with Crippen molar-refractivity contribution in [2.75, 3.05) is 34.0 Å². The molecule has 7 aromatic rings. The highest BCUT2D eigenvalue weighted by molar-refractivity contribution is 5.78. The van der Waals surface area contributed by atoms with E-state index in [0.29, 0.717) is 32.8 Å². The van der Waals surface area contributed by atoms with E-state index < -0.39 is 48.8 Å². The summed E-state index contributed by atoms with van der Waals surface area (Å²) in [5.41, 5.74) is 7.24. The fraction of sp³-hybridized carbons (Fsp3) is 0.506. The number of Topliss-reactive ketones (excluding diaryl/α,β-unsaturated/α-hetero) is 1. The van der Waals surface area contributed by atoms with Crippen molar-refractivity contribution in [1.29, 1.82) is 0 Å².